The zero-order valence-electron chi connectivity index (χ0n) is 15.9. The van der Waals surface area contributed by atoms with Gasteiger partial charge in [-0.2, -0.15) is 0 Å². The fourth-order valence-corrected chi connectivity index (χ4v) is 3.67. The Morgan fingerprint density at radius 1 is 1.00 bits per heavy atom. The van der Waals surface area contributed by atoms with Gasteiger partial charge < -0.3 is 14.8 Å². The number of sulfonamides is 1. The molecule has 0 unspecified atom stereocenters. The Kier molecular flexibility index (Phi) is 6.08. The van der Waals surface area contributed by atoms with Crippen LogP contribution in [-0.4, -0.2) is 33.6 Å². The fraction of sp³-hybridized carbons (Fsp3) is 0.350. The quantitative estimate of drug-likeness (QED) is 0.670. The summed E-state index contributed by atoms with van der Waals surface area (Å²) in [7, 11) is -3.81. The third kappa shape index (κ3) is 4.95. The van der Waals surface area contributed by atoms with Crippen molar-refractivity contribution < 1.29 is 22.7 Å². The van der Waals surface area contributed by atoms with E-state index in [2.05, 4.69) is 10.0 Å². The fourth-order valence-electron chi connectivity index (χ4n) is 2.60. The number of carbonyl (C=O) groups is 1. The van der Waals surface area contributed by atoms with E-state index in [9.17, 15) is 13.2 Å². The first-order valence-corrected chi connectivity index (χ1v) is 10.7. The van der Waals surface area contributed by atoms with Crippen LogP contribution in [0.2, 0.25) is 0 Å². The smallest absolute Gasteiger partial charge is 0.262 e. The first-order valence-electron chi connectivity index (χ1n) is 9.26. The predicted octanol–water partition coefficient (Wildman–Crippen LogP) is 3.18. The monoisotopic (exact) mass is 404 g/mol. The molecule has 28 heavy (non-hydrogen) atoms. The van der Waals surface area contributed by atoms with Crippen LogP contribution in [0.4, 0.5) is 5.69 Å². The molecule has 0 spiro atoms. The highest BCUT2D eigenvalue weighted by Crippen LogP contribution is 2.31. The van der Waals surface area contributed by atoms with Crippen LogP contribution in [0.1, 0.15) is 37.0 Å². The van der Waals surface area contributed by atoms with E-state index in [-0.39, 0.29) is 16.8 Å². The van der Waals surface area contributed by atoms with Gasteiger partial charge in [0.1, 0.15) is 0 Å². The van der Waals surface area contributed by atoms with Crippen molar-refractivity contribution in [1.29, 1.82) is 0 Å². The van der Waals surface area contributed by atoms with Crippen molar-refractivity contribution >= 4 is 21.6 Å². The van der Waals surface area contributed by atoms with Gasteiger partial charge in [-0.3, -0.25) is 9.52 Å². The Balaban J connectivity index is 1.75. The molecule has 0 atom stereocenters. The molecule has 2 N–H and O–H groups in total. The first kappa shape index (κ1) is 20.0. The number of hydrogen-bond donors (Lipinski definition) is 2. The predicted molar refractivity (Wildman–Crippen MR) is 107 cm³/mol. The highest BCUT2D eigenvalue weighted by molar-refractivity contribution is 7.92. The maximum Gasteiger partial charge on any atom is 0.262 e. The Bertz CT molecular complexity index is 938. The average Bonchev–Trinajstić information content (AvgIpc) is 3.47. The van der Waals surface area contributed by atoms with Gasteiger partial charge in [-0.1, -0.05) is 0 Å². The SMILES string of the molecule is CCOc1ccc(S(=O)(=O)Nc2ccc(C(=O)NC3CC3)cc2)cc1OCC. The summed E-state index contributed by atoms with van der Waals surface area (Å²) in [5.74, 6) is 0.721. The molecule has 1 saturated carbocycles. The molecule has 0 aromatic heterocycles. The standard InChI is InChI=1S/C20H24N2O5S/c1-3-26-18-12-11-17(13-19(18)27-4-2)28(24,25)22-16-7-5-14(6-8-16)20(23)21-15-9-10-15/h5-8,11-13,15,22H,3-4,9-10H2,1-2H3,(H,21,23). The Morgan fingerprint density at radius 3 is 2.25 bits per heavy atom. The van der Waals surface area contributed by atoms with Crippen LogP contribution < -0.4 is 19.5 Å². The lowest BCUT2D eigenvalue weighted by atomic mass is 10.2. The molecule has 2 aromatic rings. The summed E-state index contributed by atoms with van der Waals surface area (Å²) in [5, 5.41) is 2.89. The molecule has 2 aromatic carbocycles. The Morgan fingerprint density at radius 2 is 1.64 bits per heavy atom. The molecular formula is C20H24N2O5S. The van der Waals surface area contributed by atoms with E-state index in [4.69, 9.17) is 9.47 Å². The number of nitrogens with one attached hydrogen (secondary N) is 2. The number of carbonyl (C=O) groups excluding carboxylic acids is 1. The van der Waals surface area contributed by atoms with Crippen molar-refractivity contribution in [3.8, 4) is 11.5 Å². The summed E-state index contributed by atoms with van der Waals surface area (Å²) < 4.78 is 38.9. The van der Waals surface area contributed by atoms with Crippen molar-refractivity contribution in [2.75, 3.05) is 17.9 Å². The summed E-state index contributed by atoms with van der Waals surface area (Å²) >= 11 is 0. The molecule has 0 heterocycles. The van der Waals surface area contributed by atoms with Crippen molar-refractivity contribution in [3.05, 3.63) is 48.0 Å². The third-order valence-electron chi connectivity index (χ3n) is 4.14. The van der Waals surface area contributed by atoms with E-state index in [1.807, 2.05) is 13.8 Å². The first-order chi connectivity index (χ1) is 13.4. The number of anilines is 1. The summed E-state index contributed by atoms with van der Waals surface area (Å²) in [6.07, 6.45) is 2.02. The van der Waals surface area contributed by atoms with Crippen LogP contribution in [-0.2, 0) is 10.0 Å². The third-order valence-corrected chi connectivity index (χ3v) is 5.52. The van der Waals surface area contributed by atoms with E-state index in [0.29, 0.717) is 36.0 Å². The molecule has 1 aliphatic carbocycles. The van der Waals surface area contributed by atoms with Gasteiger partial charge in [0.2, 0.25) is 0 Å². The molecule has 0 saturated heterocycles. The van der Waals surface area contributed by atoms with Crippen molar-refractivity contribution in [2.45, 2.75) is 37.6 Å². The molecule has 3 rings (SSSR count). The summed E-state index contributed by atoms with van der Waals surface area (Å²) in [6.45, 7) is 4.50. The molecule has 1 amide bonds. The number of ether oxygens (including phenoxy) is 2. The number of hydrogen-bond acceptors (Lipinski definition) is 5. The van der Waals surface area contributed by atoms with Crippen LogP contribution in [0.3, 0.4) is 0 Å². The largest absolute Gasteiger partial charge is 0.490 e. The molecule has 1 fully saturated rings. The van der Waals surface area contributed by atoms with Gasteiger partial charge in [-0.15, -0.1) is 0 Å². The van der Waals surface area contributed by atoms with E-state index >= 15 is 0 Å². The molecule has 150 valence electrons. The number of amides is 1. The van der Waals surface area contributed by atoms with Crippen LogP contribution in [0.25, 0.3) is 0 Å². The van der Waals surface area contributed by atoms with Gasteiger partial charge in [0.05, 0.1) is 18.1 Å². The van der Waals surface area contributed by atoms with Crippen molar-refractivity contribution in [2.24, 2.45) is 0 Å². The molecule has 0 aliphatic heterocycles. The van der Waals surface area contributed by atoms with Crippen LogP contribution >= 0.6 is 0 Å². The second-order valence-corrected chi connectivity index (χ2v) is 8.09. The van der Waals surface area contributed by atoms with Gasteiger partial charge >= 0.3 is 0 Å². The lowest BCUT2D eigenvalue weighted by Gasteiger charge is -2.13. The van der Waals surface area contributed by atoms with Crippen molar-refractivity contribution in [3.63, 3.8) is 0 Å². The van der Waals surface area contributed by atoms with Crippen LogP contribution in [0.15, 0.2) is 47.4 Å². The topological polar surface area (TPSA) is 93.7 Å². The zero-order valence-corrected chi connectivity index (χ0v) is 16.7. The highest BCUT2D eigenvalue weighted by Gasteiger charge is 2.24. The van der Waals surface area contributed by atoms with Gasteiger partial charge in [0.15, 0.2) is 11.5 Å². The van der Waals surface area contributed by atoms with Gasteiger partial charge in [-0.05, 0) is 63.1 Å². The minimum absolute atomic E-state index is 0.0648. The molecule has 8 heteroatoms. The van der Waals surface area contributed by atoms with Gasteiger partial charge in [-0.25, -0.2) is 8.42 Å². The minimum Gasteiger partial charge on any atom is -0.490 e. The summed E-state index contributed by atoms with van der Waals surface area (Å²) in [4.78, 5) is 12.1. The minimum atomic E-state index is -3.81. The van der Waals surface area contributed by atoms with Crippen LogP contribution in [0.5, 0.6) is 11.5 Å². The summed E-state index contributed by atoms with van der Waals surface area (Å²) in [5.41, 5.74) is 0.865. The van der Waals surface area contributed by atoms with Gasteiger partial charge in [0, 0.05) is 23.4 Å². The molecule has 7 nitrogen and oxygen atoms in total. The van der Waals surface area contributed by atoms with Crippen LogP contribution in [0, 0.1) is 0 Å². The molecular weight excluding hydrogens is 380 g/mol. The maximum absolute atomic E-state index is 12.7. The maximum atomic E-state index is 12.7. The summed E-state index contributed by atoms with van der Waals surface area (Å²) in [6, 6.07) is 11.1. The van der Waals surface area contributed by atoms with Gasteiger partial charge in [0.25, 0.3) is 15.9 Å². The molecule has 1 aliphatic rings. The second-order valence-electron chi connectivity index (χ2n) is 6.41. The Hall–Kier alpha value is -2.74. The lowest BCUT2D eigenvalue weighted by Crippen LogP contribution is -2.25. The average molecular weight is 404 g/mol. The zero-order chi connectivity index (χ0) is 20.1. The second kappa shape index (κ2) is 8.52. The molecule has 0 radical (unpaired) electrons. The number of rotatable bonds is 9. The van der Waals surface area contributed by atoms with E-state index in [1.165, 1.54) is 12.1 Å². The van der Waals surface area contributed by atoms with E-state index in [1.54, 1.807) is 30.3 Å². The molecule has 0 bridgehead atoms. The highest BCUT2D eigenvalue weighted by atomic mass is 32.2. The van der Waals surface area contributed by atoms with E-state index < -0.39 is 10.0 Å². The normalized spacial score (nSPS) is 13.6. The van der Waals surface area contributed by atoms with E-state index in [0.717, 1.165) is 12.8 Å². The Labute approximate surface area is 165 Å². The van der Waals surface area contributed by atoms with Crippen molar-refractivity contribution in [1.82, 2.24) is 5.32 Å². The number of benzene rings is 2. The lowest BCUT2D eigenvalue weighted by molar-refractivity contribution is 0.0951.